The molecular formula is C28H38N2O6. The van der Waals surface area contributed by atoms with Crippen LogP contribution in [0.15, 0.2) is 43.0 Å². The summed E-state index contributed by atoms with van der Waals surface area (Å²) in [6.45, 7) is 10.2. The van der Waals surface area contributed by atoms with Crippen molar-refractivity contribution in [2.45, 2.75) is 70.4 Å². The topological polar surface area (TPSA) is 96.4 Å². The first-order valence-electron chi connectivity index (χ1n) is 13.0. The highest BCUT2D eigenvalue weighted by Crippen LogP contribution is 2.59. The molecule has 2 bridgehead atoms. The molecule has 1 aromatic rings. The number of fused-ring (bicyclic) bond motifs is 1. The molecule has 1 N–H and O–H groups in total. The minimum atomic E-state index is -1.11. The normalized spacial score (nSPS) is 29.4. The Balaban J connectivity index is 1.76. The second-order valence-corrected chi connectivity index (χ2v) is 10.5. The SMILES string of the molecule is C=CCN(Cc1ccccc1)C(=O)C1N([C@@H](CO)CC(C)C)C(=O)[C@@H]2[C@@H](C(=O)OCC)[C@H]3CCC12O3. The summed E-state index contributed by atoms with van der Waals surface area (Å²) in [4.78, 5) is 44.6. The summed E-state index contributed by atoms with van der Waals surface area (Å²) in [6, 6.07) is 8.17. The van der Waals surface area contributed by atoms with E-state index in [1.165, 1.54) is 0 Å². The molecular weight excluding hydrogens is 460 g/mol. The van der Waals surface area contributed by atoms with E-state index in [2.05, 4.69) is 6.58 Å². The number of hydrogen-bond acceptors (Lipinski definition) is 6. The smallest absolute Gasteiger partial charge is 0.312 e. The fraction of sp³-hybridized carbons (Fsp3) is 0.607. The van der Waals surface area contributed by atoms with Gasteiger partial charge in [-0.05, 0) is 37.7 Å². The quantitative estimate of drug-likeness (QED) is 0.372. The maximum atomic E-state index is 14.3. The third kappa shape index (κ3) is 4.45. The molecule has 4 rings (SSSR count). The highest BCUT2D eigenvalue weighted by atomic mass is 16.6. The van der Waals surface area contributed by atoms with E-state index < -0.39 is 41.6 Å². The van der Waals surface area contributed by atoms with Crippen LogP contribution in [-0.4, -0.2) is 76.2 Å². The summed E-state index contributed by atoms with van der Waals surface area (Å²) in [7, 11) is 0. The van der Waals surface area contributed by atoms with Crippen LogP contribution in [-0.2, 0) is 30.4 Å². The predicted molar refractivity (Wildman–Crippen MR) is 133 cm³/mol. The van der Waals surface area contributed by atoms with E-state index in [-0.39, 0.29) is 30.9 Å². The fourth-order valence-electron chi connectivity index (χ4n) is 6.46. The Hall–Kier alpha value is -2.71. The van der Waals surface area contributed by atoms with Gasteiger partial charge in [-0.2, -0.15) is 0 Å². The number of aliphatic hydroxyl groups excluding tert-OH is 1. The van der Waals surface area contributed by atoms with Crippen molar-refractivity contribution in [1.82, 2.24) is 9.80 Å². The molecule has 0 aliphatic carbocycles. The molecule has 3 aliphatic heterocycles. The molecule has 6 atom stereocenters. The molecule has 0 radical (unpaired) electrons. The summed E-state index contributed by atoms with van der Waals surface area (Å²) >= 11 is 0. The molecule has 2 unspecified atom stereocenters. The van der Waals surface area contributed by atoms with Crippen LogP contribution in [0.5, 0.6) is 0 Å². The van der Waals surface area contributed by atoms with Gasteiger partial charge in [0.2, 0.25) is 11.8 Å². The van der Waals surface area contributed by atoms with Gasteiger partial charge >= 0.3 is 5.97 Å². The van der Waals surface area contributed by atoms with Gasteiger partial charge in [0.25, 0.3) is 0 Å². The van der Waals surface area contributed by atoms with Gasteiger partial charge in [0.15, 0.2) is 0 Å². The van der Waals surface area contributed by atoms with E-state index in [1.807, 2.05) is 44.2 Å². The first-order valence-corrected chi connectivity index (χ1v) is 13.0. The van der Waals surface area contributed by atoms with E-state index in [0.717, 1.165) is 5.56 Å². The lowest BCUT2D eigenvalue weighted by Crippen LogP contribution is -2.58. The van der Waals surface area contributed by atoms with Gasteiger partial charge in [0, 0.05) is 13.1 Å². The molecule has 2 amide bonds. The summed E-state index contributed by atoms with van der Waals surface area (Å²) < 4.78 is 11.8. The van der Waals surface area contributed by atoms with E-state index >= 15 is 0 Å². The first-order chi connectivity index (χ1) is 17.3. The number of rotatable bonds is 11. The van der Waals surface area contributed by atoms with Crippen LogP contribution in [0.1, 0.15) is 45.6 Å². The largest absolute Gasteiger partial charge is 0.466 e. The van der Waals surface area contributed by atoms with Crippen LogP contribution in [0.3, 0.4) is 0 Å². The average Bonchev–Trinajstić information content (AvgIpc) is 3.50. The van der Waals surface area contributed by atoms with Crippen LogP contribution in [0.4, 0.5) is 0 Å². The van der Waals surface area contributed by atoms with E-state index in [4.69, 9.17) is 9.47 Å². The third-order valence-corrected chi connectivity index (χ3v) is 7.76. The molecule has 36 heavy (non-hydrogen) atoms. The highest BCUT2D eigenvalue weighted by molar-refractivity contribution is 5.98. The Kier molecular flexibility index (Phi) is 7.85. The zero-order chi connectivity index (χ0) is 26.0. The molecule has 8 heteroatoms. The summed E-state index contributed by atoms with van der Waals surface area (Å²) in [5.41, 5.74) is -0.156. The van der Waals surface area contributed by atoms with E-state index in [0.29, 0.717) is 32.4 Å². The van der Waals surface area contributed by atoms with Gasteiger partial charge in [-0.1, -0.05) is 50.3 Å². The van der Waals surface area contributed by atoms with Gasteiger partial charge in [-0.3, -0.25) is 14.4 Å². The average molecular weight is 499 g/mol. The van der Waals surface area contributed by atoms with Crippen LogP contribution >= 0.6 is 0 Å². The number of aliphatic hydroxyl groups is 1. The zero-order valence-electron chi connectivity index (χ0n) is 21.5. The number of amides is 2. The van der Waals surface area contributed by atoms with Crippen molar-refractivity contribution >= 4 is 17.8 Å². The Labute approximate surface area is 213 Å². The number of carbonyl (C=O) groups excluding carboxylic acids is 3. The molecule has 8 nitrogen and oxygen atoms in total. The van der Waals surface area contributed by atoms with Crippen molar-refractivity contribution in [1.29, 1.82) is 0 Å². The van der Waals surface area contributed by atoms with E-state index in [9.17, 15) is 19.5 Å². The molecule has 0 saturated carbocycles. The van der Waals surface area contributed by atoms with Crippen molar-refractivity contribution < 1.29 is 29.0 Å². The summed E-state index contributed by atoms with van der Waals surface area (Å²) in [5, 5.41) is 10.4. The molecule has 3 saturated heterocycles. The standard InChI is InChI=1S/C28H38N2O6/c1-5-14-29(16-19-10-8-7-9-11-19)26(33)24-28-13-12-21(36-28)22(27(34)35-6-2)23(28)25(32)30(24)20(17-31)15-18(3)4/h5,7-11,18,20-24,31H,1,6,12-17H2,2-4H3/t20-,21-,22+,23+,24?,28?/m1/s1. The summed E-state index contributed by atoms with van der Waals surface area (Å²) in [5.74, 6) is -2.35. The molecule has 3 heterocycles. The van der Waals surface area contributed by atoms with Gasteiger partial charge in [0.05, 0.1) is 37.2 Å². The van der Waals surface area contributed by atoms with Gasteiger partial charge in [-0.25, -0.2) is 0 Å². The van der Waals surface area contributed by atoms with Crippen molar-refractivity contribution in [3.8, 4) is 0 Å². The maximum absolute atomic E-state index is 14.3. The number of likely N-dealkylation sites (tertiary alicyclic amines) is 1. The fourth-order valence-corrected chi connectivity index (χ4v) is 6.46. The molecule has 3 fully saturated rings. The molecule has 1 spiro atoms. The van der Waals surface area contributed by atoms with Gasteiger partial charge in [0.1, 0.15) is 11.6 Å². The van der Waals surface area contributed by atoms with Crippen LogP contribution in [0.25, 0.3) is 0 Å². The monoisotopic (exact) mass is 498 g/mol. The number of esters is 1. The Morgan fingerprint density at radius 3 is 2.67 bits per heavy atom. The van der Waals surface area contributed by atoms with Crippen molar-refractivity contribution in [2.24, 2.45) is 17.8 Å². The number of nitrogens with zero attached hydrogens (tertiary/aromatic N) is 2. The van der Waals surface area contributed by atoms with Crippen LogP contribution in [0.2, 0.25) is 0 Å². The summed E-state index contributed by atoms with van der Waals surface area (Å²) in [6.07, 6.45) is 2.84. The predicted octanol–water partition coefficient (Wildman–Crippen LogP) is 2.55. The number of hydrogen-bond donors (Lipinski definition) is 1. The number of benzene rings is 1. The van der Waals surface area contributed by atoms with Gasteiger partial charge < -0.3 is 24.4 Å². The molecule has 0 aromatic heterocycles. The van der Waals surface area contributed by atoms with Gasteiger partial charge in [-0.15, -0.1) is 6.58 Å². The lowest BCUT2D eigenvalue weighted by Gasteiger charge is -2.39. The lowest BCUT2D eigenvalue weighted by molar-refractivity contribution is -0.156. The van der Waals surface area contributed by atoms with Crippen LogP contribution < -0.4 is 0 Å². The molecule has 1 aromatic carbocycles. The van der Waals surface area contributed by atoms with Crippen molar-refractivity contribution in [2.75, 3.05) is 19.8 Å². The van der Waals surface area contributed by atoms with Crippen molar-refractivity contribution in [3.05, 3.63) is 48.6 Å². The lowest BCUT2D eigenvalue weighted by atomic mass is 9.70. The molecule has 3 aliphatic rings. The Morgan fingerprint density at radius 2 is 2.06 bits per heavy atom. The first kappa shape index (κ1) is 26.4. The maximum Gasteiger partial charge on any atom is 0.312 e. The van der Waals surface area contributed by atoms with Crippen LogP contribution in [0, 0.1) is 17.8 Å². The molecule has 196 valence electrons. The van der Waals surface area contributed by atoms with Crippen molar-refractivity contribution in [3.63, 3.8) is 0 Å². The number of carbonyl (C=O) groups is 3. The Bertz CT molecular complexity index is 982. The zero-order valence-corrected chi connectivity index (χ0v) is 21.5. The number of ether oxygens (including phenoxy) is 2. The minimum Gasteiger partial charge on any atom is -0.466 e. The van der Waals surface area contributed by atoms with E-state index in [1.54, 1.807) is 22.8 Å². The minimum absolute atomic E-state index is 0.190. The third-order valence-electron chi connectivity index (χ3n) is 7.76. The second kappa shape index (κ2) is 10.7. The second-order valence-electron chi connectivity index (χ2n) is 10.5. The Morgan fingerprint density at radius 1 is 1.33 bits per heavy atom. The highest BCUT2D eigenvalue weighted by Gasteiger charge is 2.75.